The smallest absolute Gasteiger partial charge is 0.143 e. The number of thioether (sulfide) groups is 1. The van der Waals surface area contributed by atoms with E-state index in [4.69, 9.17) is 4.74 Å². The lowest BCUT2D eigenvalue weighted by molar-refractivity contribution is 0.180. The number of hydrogen-bond acceptors (Lipinski definition) is 5. The maximum absolute atomic E-state index is 5.21. The lowest BCUT2D eigenvalue weighted by Gasteiger charge is -2.10. The highest BCUT2D eigenvalue weighted by molar-refractivity contribution is 14.1. The van der Waals surface area contributed by atoms with E-state index in [1.807, 2.05) is 19.2 Å². The van der Waals surface area contributed by atoms with E-state index in [1.165, 1.54) is 4.90 Å². The molecule has 1 N–H and O–H groups in total. The van der Waals surface area contributed by atoms with Gasteiger partial charge in [0.05, 0.1) is 21.6 Å². The molecule has 0 aliphatic rings. The number of halogens is 2. The summed E-state index contributed by atoms with van der Waals surface area (Å²) in [5, 5.41) is 3.11. The van der Waals surface area contributed by atoms with Crippen LogP contribution in [-0.4, -0.2) is 24.1 Å². The number of nitrogens with one attached hydrogen (secondary N) is 1. The lowest BCUT2D eigenvalue weighted by atomic mass is 10.4. The van der Waals surface area contributed by atoms with E-state index in [-0.39, 0.29) is 0 Å². The molecule has 2 aromatic rings. The van der Waals surface area contributed by atoms with E-state index in [2.05, 4.69) is 65.9 Å². The van der Waals surface area contributed by atoms with Crippen molar-refractivity contribution in [3.63, 3.8) is 0 Å². The summed E-state index contributed by atoms with van der Waals surface area (Å²) in [6, 6.07) is 8.21. The molecule has 0 atom stereocenters. The van der Waals surface area contributed by atoms with E-state index >= 15 is 0 Å². The number of nitrogens with zero attached hydrogens (tertiary/aromatic N) is 2. The minimum atomic E-state index is 0.490. The number of methoxy groups -OCH3 is 1. The summed E-state index contributed by atoms with van der Waals surface area (Å²) in [4.78, 5) is 10.3. The third-order valence-corrected chi connectivity index (χ3v) is 5.26. The van der Waals surface area contributed by atoms with Gasteiger partial charge < -0.3 is 10.1 Å². The van der Waals surface area contributed by atoms with Gasteiger partial charge in [-0.2, -0.15) is 0 Å². The van der Waals surface area contributed by atoms with Gasteiger partial charge in [0.25, 0.3) is 0 Å². The molecule has 0 aliphatic heterocycles. The molecule has 21 heavy (non-hydrogen) atoms. The minimum Gasteiger partial charge on any atom is -0.378 e. The summed E-state index contributed by atoms with van der Waals surface area (Å²) in [7, 11) is 3.54. The molecule has 1 heterocycles. The van der Waals surface area contributed by atoms with Crippen LogP contribution in [0.1, 0.15) is 11.5 Å². The predicted molar refractivity (Wildman–Crippen MR) is 98.7 cm³/mol. The summed E-state index contributed by atoms with van der Waals surface area (Å²) in [6.45, 7) is 0.490. The number of rotatable bonds is 6. The van der Waals surface area contributed by atoms with Crippen molar-refractivity contribution in [1.82, 2.24) is 9.97 Å². The quantitative estimate of drug-likeness (QED) is 0.493. The molecule has 0 bridgehead atoms. The zero-order valence-electron chi connectivity index (χ0n) is 11.7. The van der Waals surface area contributed by atoms with E-state index in [1.54, 1.807) is 18.9 Å². The van der Waals surface area contributed by atoms with Gasteiger partial charge in [0.2, 0.25) is 0 Å². The molecule has 0 saturated heterocycles. The second-order valence-corrected chi connectivity index (χ2v) is 7.22. The Bertz CT molecular complexity index is 627. The summed E-state index contributed by atoms with van der Waals surface area (Å²) in [5.74, 6) is 2.37. The van der Waals surface area contributed by atoms with Crippen molar-refractivity contribution in [3.05, 3.63) is 43.8 Å². The van der Waals surface area contributed by atoms with Crippen molar-refractivity contribution in [2.45, 2.75) is 17.3 Å². The van der Waals surface area contributed by atoms with Crippen LogP contribution in [0.5, 0.6) is 0 Å². The molecule has 0 unspecified atom stereocenters. The van der Waals surface area contributed by atoms with Crippen LogP contribution in [0.3, 0.4) is 0 Å². The molecule has 0 spiro atoms. The van der Waals surface area contributed by atoms with Crippen molar-refractivity contribution >= 4 is 56.1 Å². The van der Waals surface area contributed by atoms with Gasteiger partial charge in [-0.1, -0.05) is 22.0 Å². The maximum Gasteiger partial charge on any atom is 0.143 e. The summed E-state index contributed by atoms with van der Waals surface area (Å²) >= 11 is 7.44. The maximum atomic E-state index is 5.21. The van der Waals surface area contributed by atoms with Crippen molar-refractivity contribution in [2.75, 3.05) is 19.5 Å². The molecule has 112 valence electrons. The zero-order chi connectivity index (χ0) is 15.2. The Labute approximate surface area is 150 Å². The summed E-state index contributed by atoms with van der Waals surface area (Å²) in [5.41, 5.74) is 0.919. The summed E-state index contributed by atoms with van der Waals surface area (Å²) in [6.07, 6.45) is 0. The van der Waals surface area contributed by atoms with Gasteiger partial charge in [0.1, 0.15) is 11.6 Å². The van der Waals surface area contributed by atoms with Crippen LogP contribution in [0.15, 0.2) is 33.6 Å². The Hall–Kier alpha value is -0.380. The van der Waals surface area contributed by atoms with E-state index in [0.29, 0.717) is 6.61 Å². The lowest BCUT2D eigenvalue weighted by Crippen LogP contribution is -2.07. The van der Waals surface area contributed by atoms with Crippen LogP contribution >= 0.6 is 50.3 Å². The minimum absolute atomic E-state index is 0.490. The van der Waals surface area contributed by atoms with Crippen LogP contribution in [0.4, 0.5) is 5.82 Å². The first kappa shape index (κ1) is 17.0. The molecular weight excluding hydrogens is 465 g/mol. The zero-order valence-corrected chi connectivity index (χ0v) is 16.3. The highest BCUT2D eigenvalue weighted by atomic mass is 127. The SMILES string of the molecule is CNc1nc(CSc2cccc(Br)c2)nc(COC)c1I. The fourth-order valence-corrected chi connectivity index (χ4v) is 3.74. The van der Waals surface area contributed by atoms with Gasteiger partial charge in [-0.25, -0.2) is 9.97 Å². The monoisotopic (exact) mass is 479 g/mol. The first-order valence-electron chi connectivity index (χ1n) is 6.24. The van der Waals surface area contributed by atoms with E-state index in [0.717, 1.165) is 31.1 Å². The second kappa shape index (κ2) is 8.30. The van der Waals surface area contributed by atoms with Crippen molar-refractivity contribution in [3.8, 4) is 0 Å². The average molecular weight is 480 g/mol. The highest BCUT2D eigenvalue weighted by Crippen LogP contribution is 2.26. The Morgan fingerprint density at radius 3 is 2.86 bits per heavy atom. The fourth-order valence-electron chi connectivity index (χ4n) is 1.71. The van der Waals surface area contributed by atoms with Crippen LogP contribution in [0.25, 0.3) is 0 Å². The number of ether oxygens (including phenoxy) is 1. The fraction of sp³-hybridized carbons (Fsp3) is 0.286. The predicted octanol–water partition coefficient (Wildman–Crippen LogP) is 4.32. The topological polar surface area (TPSA) is 47.0 Å². The Kier molecular flexibility index (Phi) is 6.72. The Morgan fingerprint density at radius 1 is 1.38 bits per heavy atom. The van der Waals surface area contributed by atoms with Crippen molar-refractivity contribution in [1.29, 1.82) is 0 Å². The summed E-state index contributed by atoms with van der Waals surface area (Å²) < 4.78 is 7.29. The van der Waals surface area contributed by atoms with E-state index in [9.17, 15) is 0 Å². The average Bonchev–Trinajstić information content (AvgIpc) is 2.48. The molecular formula is C14H15BrIN3OS. The normalized spacial score (nSPS) is 10.7. The molecule has 0 amide bonds. The van der Waals surface area contributed by atoms with Crippen LogP contribution in [0, 0.1) is 3.57 Å². The Morgan fingerprint density at radius 2 is 2.19 bits per heavy atom. The van der Waals surface area contributed by atoms with Gasteiger partial charge in [0.15, 0.2) is 0 Å². The third kappa shape index (κ3) is 4.80. The van der Waals surface area contributed by atoms with Crippen LogP contribution < -0.4 is 5.32 Å². The third-order valence-electron chi connectivity index (χ3n) is 2.65. The van der Waals surface area contributed by atoms with Gasteiger partial charge in [-0.15, -0.1) is 11.8 Å². The van der Waals surface area contributed by atoms with E-state index < -0.39 is 0 Å². The van der Waals surface area contributed by atoms with Crippen LogP contribution in [-0.2, 0) is 17.1 Å². The highest BCUT2D eigenvalue weighted by Gasteiger charge is 2.11. The number of aromatic nitrogens is 2. The molecule has 1 aromatic carbocycles. The van der Waals surface area contributed by atoms with Gasteiger partial charge in [-0.05, 0) is 40.8 Å². The van der Waals surface area contributed by atoms with Crippen molar-refractivity contribution < 1.29 is 4.74 Å². The molecule has 0 radical (unpaired) electrons. The molecule has 1 aromatic heterocycles. The molecule has 7 heteroatoms. The van der Waals surface area contributed by atoms with Crippen LogP contribution in [0.2, 0.25) is 0 Å². The molecule has 2 rings (SSSR count). The number of benzene rings is 1. The molecule has 0 aliphatic carbocycles. The second-order valence-electron chi connectivity index (χ2n) is 4.18. The standard InChI is InChI=1S/C14H15BrIN3OS/c1-17-14-13(16)11(7-20-2)18-12(19-14)8-21-10-5-3-4-9(15)6-10/h3-6H,7-8H2,1-2H3,(H,17,18,19). The molecule has 0 saturated carbocycles. The molecule has 4 nitrogen and oxygen atoms in total. The number of anilines is 1. The first-order chi connectivity index (χ1) is 10.1. The van der Waals surface area contributed by atoms with Gasteiger partial charge >= 0.3 is 0 Å². The van der Waals surface area contributed by atoms with Gasteiger partial charge in [0, 0.05) is 23.5 Å². The number of hydrogen-bond donors (Lipinski definition) is 1. The van der Waals surface area contributed by atoms with Gasteiger partial charge in [-0.3, -0.25) is 0 Å². The first-order valence-corrected chi connectivity index (χ1v) is 9.10. The van der Waals surface area contributed by atoms with Crippen molar-refractivity contribution in [2.24, 2.45) is 0 Å². The largest absolute Gasteiger partial charge is 0.378 e. The Balaban J connectivity index is 2.17. The molecule has 0 fully saturated rings.